The van der Waals surface area contributed by atoms with E-state index in [1.807, 2.05) is 0 Å². The standard InChI is InChI=1S/C22H20F4N6O2S/c1-31-18(22(24,25)26)14(9-29-31)19(33)28-8-13-6-11-7-15(11)32(13)20(34)16-17(35-21(27)30-16)10-3-2-4-12(23)5-10/h2-5,9,11,13,15H,6-8H2,1H3,(H2,27,30)(H,28,33)/t11-,13+,15+/m1/s1. The zero-order valence-corrected chi connectivity index (χ0v) is 19.2. The number of nitrogen functional groups attached to an aromatic ring is 1. The van der Waals surface area contributed by atoms with E-state index >= 15 is 0 Å². The molecule has 13 heteroatoms. The van der Waals surface area contributed by atoms with E-state index in [1.165, 1.54) is 18.2 Å². The lowest BCUT2D eigenvalue weighted by Crippen LogP contribution is -2.45. The Hall–Kier alpha value is -3.48. The van der Waals surface area contributed by atoms with Gasteiger partial charge in [-0.25, -0.2) is 9.37 Å². The maximum absolute atomic E-state index is 13.8. The van der Waals surface area contributed by atoms with Gasteiger partial charge in [0.25, 0.3) is 11.8 Å². The molecule has 1 aliphatic heterocycles. The van der Waals surface area contributed by atoms with E-state index in [4.69, 9.17) is 5.73 Å². The molecule has 0 radical (unpaired) electrons. The molecule has 8 nitrogen and oxygen atoms in total. The molecule has 1 saturated carbocycles. The summed E-state index contributed by atoms with van der Waals surface area (Å²) in [7, 11) is 1.11. The van der Waals surface area contributed by atoms with E-state index in [9.17, 15) is 27.2 Å². The molecule has 184 valence electrons. The minimum absolute atomic E-state index is 0.0291. The normalized spacial score (nSPS) is 21.2. The van der Waals surface area contributed by atoms with Crippen molar-refractivity contribution in [3.05, 3.63) is 53.2 Å². The summed E-state index contributed by atoms with van der Waals surface area (Å²) in [6.07, 6.45) is -2.47. The number of fused-ring (bicyclic) bond motifs is 1. The van der Waals surface area contributed by atoms with E-state index in [-0.39, 0.29) is 29.3 Å². The van der Waals surface area contributed by atoms with Crippen LogP contribution in [0.25, 0.3) is 10.4 Å². The number of halogens is 4. The van der Waals surface area contributed by atoms with Crippen LogP contribution in [0.5, 0.6) is 0 Å². The van der Waals surface area contributed by atoms with E-state index in [2.05, 4.69) is 15.4 Å². The Labute approximate surface area is 200 Å². The van der Waals surface area contributed by atoms with E-state index in [0.717, 1.165) is 31.0 Å². The first-order valence-corrected chi connectivity index (χ1v) is 11.6. The SMILES string of the molecule is Cn1ncc(C(=O)NC[C@@H]2C[C@@H]3C[C@@H]3N2C(=O)c2nc(N)sc2-c2cccc(F)c2)c1C(F)(F)F. The van der Waals surface area contributed by atoms with Gasteiger partial charge < -0.3 is 16.0 Å². The van der Waals surface area contributed by atoms with Crippen LogP contribution in [0.3, 0.4) is 0 Å². The number of carbonyl (C=O) groups excluding carboxylic acids is 2. The molecule has 3 heterocycles. The molecule has 0 spiro atoms. The molecule has 0 unspecified atom stereocenters. The number of piperidine rings is 1. The number of rotatable bonds is 5. The van der Waals surface area contributed by atoms with Crippen molar-refractivity contribution in [1.82, 2.24) is 25.0 Å². The summed E-state index contributed by atoms with van der Waals surface area (Å²) in [5.74, 6) is -1.54. The highest BCUT2D eigenvalue weighted by molar-refractivity contribution is 7.19. The molecule has 3 atom stereocenters. The first-order chi connectivity index (χ1) is 16.5. The Balaban J connectivity index is 1.36. The number of hydrogen-bond acceptors (Lipinski definition) is 6. The molecule has 2 aromatic heterocycles. The van der Waals surface area contributed by atoms with E-state index in [0.29, 0.717) is 21.5 Å². The fourth-order valence-electron chi connectivity index (χ4n) is 4.73. The molecule has 1 aromatic carbocycles. The average molecular weight is 509 g/mol. The van der Waals surface area contributed by atoms with Crippen LogP contribution in [0.2, 0.25) is 0 Å². The van der Waals surface area contributed by atoms with Crippen molar-refractivity contribution in [2.24, 2.45) is 13.0 Å². The number of hydrogen-bond donors (Lipinski definition) is 2. The van der Waals surface area contributed by atoms with Crippen LogP contribution in [0.1, 0.15) is 39.4 Å². The number of amides is 2. The van der Waals surface area contributed by atoms with Crippen molar-refractivity contribution in [1.29, 1.82) is 0 Å². The summed E-state index contributed by atoms with van der Waals surface area (Å²) in [6.45, 7) is -0.0291. The third kappa shape index (κ3) is 4.24. The number of nitrogens with zero attached hydrogens (tertiary/aromatic N) is 4. The van der Waals surface area contributed by atoms with Gasteiger partial charge in [-0.3, -0.25) is 14.3 Å². The number of nitrogens with two attached hydrogens (primary N) is 1. The predicted octanol–water partition coefficient (Wildman–Crippen LogP) is 3.32. The molecule has 0 bridgehead atoms. The molecule has 1 saturated heterocycles. The number of aryl methyl sites for hydroxylation is 1. The number of likely N-dealkylation sites (tertiary alicyclic amines) is 1. The highest BCUT2D eigenvalue weighted by Crippen LogP contribution is 2.49. The van der Waals surface area contributed by atoms with Gasteiger partial charge in [0.1, 0.15) is 11.5 Å². The molecule has 5 rings (SSSR count). The number of anilines is 1. The molecular formula is C22H20F4N6O2S. The van der Waals surface area contributed by atoms with Gasteiger partial charge in [0, 0.05) is 19.6 Å². The first kappa shape index (κ1) is 23.3. The van der Waals surface area contributed by atoms with E-state index in [1.54, 1.807) is 11.0 Å². The number of nitrogens with one attached hydrogen (secondary N) is 1. The topological polar surface area (TPSA) is 106 Å². The van der Waals surface area contributed by atoms with Gasteiger partial charge in [0.15, 0.2) is 10.8 Å². The van der Waals surface area contributed by atoms with Crippen molar-refractivity contribution in [3.63, 3.8) is 0 Å². The Morgan fingerprint density at radius 1 is 1.29 bits per heavy atom. The van der Waals surface area contributed by atoms with Gasteiger partial charge in [-0.05, 0) is 36.5 Å². The summed E-state index contributed by atoms with van der Waals surface area (Å²) in [5, 5.41) is 6.24. The van der Waals surface area contributed by atoms with Crippen LogP contribution < -0.4 is 11.1 Å². The predicted molar refractivity (Wildman–Crippen MR) is 119 cm³/mol. The molecule has 1 aliphatic carbocycles. The first-order valence-electron chi connectivity index (χ1n) is 10.8. The molecule has 2 aliphatic rings. The van der Waals surface area contributed by atoms with Crippen LogP contribution in [0, 0.1) is 11.7 Å². The zero-order valence-electron chi connectivity index (χ0n) is 18.3. The maximum Gasteiger partial charge on any atom is 0.433 e. The second-order valence-electron chi connectivity index (χ2n) is 8.64. The average Bonchev–Trinajstić information content (AvgIpc) is 3.10. The van der Waals surface area contributed by atoms with Crippen molar-refractivity contribution >= 4 is 28.3 Å². The third-order valence-electron chi connectivity index (χ3n) is 6.33. The van der Waals surface area contributed by atoms with Crippen LogP contribution in [-0.2, 0) is 13.2 Å². The lowest BCUT2D eigenvalue weighted by molar-refractivity contribution is -0.144. The molecule has 2 amide bonds. The Morgan fingerprint density at radius 3 is 2.77 bits per heavy atom. The number of alkyl halides is 3. The number of aromatic nitrogens is 3. The molecule has 3 aromatic rings. The van der Waals surface area contributed by atoms with Gasteiger partial charge in [0.05, 0.1) is 22.7 Å². The Kier molecular flexibility index (Phi) is 5.54. The fraction of sp³-hybridized carbons (Fsp3) is 0.364. The molecule has 35 heavy (non-hydrogen) atoms. The minimum Gasteiger partial charge on any atom is -0.375 e. The van der Waals surface area contributed by atoms with Gasteiger partial charge in [-0.1, -0.05) is 23.5 Å². The quantitative estimate of drug-likeness (QED) is 0.515. The Morgan fingerprint density at radius 2 is 2.06 bits per heavy atom. The van der Waals surface area contributed by atoms with Crippen molar-refractivity contribution < 1.29 is 27.2 Å². The number of thiazole rings is 1. The third-order valence-corrected chi connectivity index (χ3v) is 7.26. The lowest BCUT2D eigenvalue weighted by Gasteiger charge is -2.27. The van der Waals surface area contributed by atoms with Crippen LogP contribution in [-0.4, -0.2) is 50.1 Å². The monoisotopic (exact) mass is 508 g/mol. The summed E-state index contributed by atoms with van der Waals surface area (Å²) in [4.78, 5) is 32.3. The van der Waals surface area contributed by atoms with Gasteiger partial charge in [-0.15, -0.1) is 0 Å². The number of benzene rings is 1. The second-order valence-corrected chi connectivity index (χ2v) is 9.67. The minimum atomic E-state index is -4.74. The van der Waals surface area contributed by atoms with Crippen molar-refractivity contribution in [2.45, 2.75) is 31.1 Å². The van der Waals surface area contributed by atoms with Gasteiger partial charge in [0.2, 0.25) is 0 Å². The fourth-order valence-corrected chi connectivity index (χ4v) is 5.55. The van der Waals surface area contributed by atoms with Crippen molar-refractivity contribution in [2.75, 3.05) is 12.3 Å². The van der Waals surface area contributed by atoms with Crippen molar-refractivity contribution in [3.8, 4) is 10.4 Å². The van der Waals surface area contributed by atoms with E-state index < -0.39 is 41.1 Å². The summed E-state index contributed by atoms with van der Waals surface area (Å²) < 4.78 is 54.4. The van der Waals surface area contributed by atoms with Crippen LogP contribution in [0.4, 0.5) is 22.7 Å². The highest BCUT2D eigenvalue weighted by Gasteiger charge is 2.54. The highest BCUT2D eigenvalue weighted by atomic mass is 32.1. The van der Waals surface area contributed by atoms with Crippen LogP contribution in [0.15, 0.2) is 30.5 Å². The summed E-state index contributed by atoms with van der Waals surface area (Å²) in [6, 6.07) is 5.28. The Bertz CT molecular complexity index is 1320. The van der Waals surface area contributed by atoms with Gasteiger partial charge in [-0.2, -0.15) is 18.3 Å². The number of carbonyl (C=O) groups is 2. The summed E-state index contributed by atoms with van der Waals surface area (Å²) >= 11 is 1.07. The molecule has 2 fully saturated rings. The smallest absolute Gasteiger partial charge is 0.375 e. The van der Waals surface area contributed by atoms with Gasteiger partial charge >= 0.3 is 6.18 Å². The maximum atomic E-state index is 13.8. The largest absolute Gasteiger partial charge is 0.433 e. The molecular weight excluding hydrogens is 488 g/mol. The van der Waals surface area contributed by atoms with Crippen LogP contribution >= 0.6 is 11.3 Å². The zero-order chi connectivity index (χ0) is 25.1. The summed E-state index contributed by atoms with van der Waals surface area (Å²) in [5.41, 5.74) is 4.70. The lowest BCUT2D eigenvalue weighted by atomic mass is 10.1. The second kappa shape index (κ2) is 8.33. The molecule has 3 N–H and O–H groups in total.